The van der Waals surface area contributed by atoms with Crippen LogP contribution in [0.15, 0.2) is 30.3 Å². The normalized spacial score (nSPS) is 26.0. The van der Waals surface area contributed by atoms with Gasteiger partial charge in [0.15, 0.2) is 0 Å². The summed E-state index contributed by atoms with van der Waals surface area (Å²) in [5, 5.41) is 6.16. The van der Waals surface area contributed by atoms with Crippen molar-refractivity contribution in [2.24, 2.45) is 0 Å². The molecule has 0 aliphatic carbocycles. The molecule has 2 aliphatic heterocycles. The van der Waals surface area contributed by atoms with E-state index in [-0.39, 0.29) is 23.9 Å². The van der Waals surface area contributed by atoms with E-state index in [0.717, 1.165) is 25.1 Å². The Morgan fingerprint density at radius 2 is 2.10 bits per heavy atom. The second kappa shape index (κ2) is 5.63. The Kier molecular flexibility index (Phi) is 3.69. The van der Waals surface area contributed by atoms with Crippen LogP contribution < -0.4 is 15.5 Å². The molecule has 0 radical (unpaired) electrons. The van der Waals surface area contributed by atoms with Gasteiger partial charge in [-0.15, -0.1) is 0 Å². The summed E-state index contributed by atoms with van der Waals surface area (Å²) in [6.45, 7) is 1.46. The Morgan fingerprint density at radius 3 is 2.80 bits per heavy atom. The van der Waals surface area contributed by atoms with Crippen molar-refractivity contribution in [1.82, 2.24) is 10.6 Å². The lowest BCUT2D eigenvalue weighted by Gasteiger charge is -2.18. The molecule has 0 aromatic heterocycles. The number of carbonyl (C=O) groups excluding carboxylic acids is 2. The van der Waals surface area contributed by atoms with Crippen molar-refractivity contribution in [2.75, 3.05) is 18.0 Å². The maximum Gasteiger partial charge on any atom is 0.237 e. The van der Waals surface area contributed by atoms with Crippen molar-refractivity contribution in [3.8, 4) is 0 Å². The molecule has 2 saturated heterocycles. The van der Waals surface area contributed by atoms with Crippen molar-refractivity contribution < 1.29 is 9.59 Å². The number of nitrogens with zero attached hydrogens (tertiary/aromatic N) is 1. The molecule has 0 bridgehead atoms. The first kappa shape index (κ1) is 13.1. The molecule has 2 heterocycles. The Balaban J connectivity index is 1.60. The van der Waals surface area contributed by atoms with Crippen LogP contribution in [0.5, 0.6) is 0 Å². The zero-order chi connectivity index (χ0) is 13.9. The molecule has 2 unspecified atom stereocenters. The van der Waals surface area contributed by atoms with E-state index in [1.807, 2.05) is 30.3 Å². The highest BCUT2D eigenvalue weighted by Crippen LogP contribution is 2.21. The molecular formula is C15H19N3O2. The molecule has 0 saturated carbocycles. The minimum absolute atomic E-state index is 0.0233. The zero-order valence-corrected chi connectivity index (χ0v) is 11.3. The number of para-hydroxylation sites is 1. The van der Waals surface area contributed by atoms with Gasteiger partial charge in [-0.2, -0.15) is 0 Å². The first-order valence-electron chi connectivity index (χ1n) is 7.13. The largest absolute Gasteiger partial charge is 0.350 e. The molecular weight excluding hydrogens is 254 g/mol. The fourth-order valence-corrected chi connectivity index (χ4v) is 2.87. The smallest absolute Gasteiger partial charge is 0.237 e. The molecule has 5 heteroatoms. The van der Waals surface area contributed by atoms with Crippen LogP contribution in [0.1, 0.15) is 19.3 Å². The van der Waals surface area contributed by atoms with E-state index < -0.39 is 0 Å². The van der Waals surface area contributed by atoms with E-state index in [1.165, 1.54) is 0 Å². The zero-order valence-electron chi connectivity index (χ0n) is 11.3. The SMILES string of the molecule is O=C(NC1CC(=O)N(c2ccccc2)C1)C1CCCN1. The maximum atomic E-state index is 12.0. The first-order valence-corrected chi connectivity index (χ1v) is 7.13. The molecule has 3 rings (SSSR count). The molecule has 2 N–H and O–H groups in total. The Bertz CT molecular complexity index is 497. The van der Waals surface area contributed by atoms with Gasteiger partial charge in [0.25, 0.3) is 0 Å². The molecule has 1 aromatic carbocycles. The summed E-state index contributed by atoms with van der Waals surface area (Å²) in [6.07, 6.45) is 2.31. The molecule has 0 spiro atoms. The van der Waals surface area contributed by atoms with Crippen molar-refractivity contribution in [2.45, 2.75) is 31.3 Å². The molecule has 20 heavy (non-hydrogen) atoms. The fraction of sp³-hybridized carbons (Fsp3) is 0.467. The number of benzene rings is 1. The Morgan fingerprint density at radius 1 is 1.30 bits per heavy atom. The van der Waals surface area contributed by atoms with Crippen molar-refractivity contribution in [1.29, 1.82) is 0 Å². The van der Waals surface area contributed by atoms with Crippen LogP contribution in [0.2, 0.25) is 0 Å². The summed E-state index contributed by atoms with van der Waals surface area (Å²) in [5.74, 6) is 0.0936. The maximum absolute atomic E-state index is 12.0. The van der Waals surface area contributed by atoms with Gasteiger partial charge in [0.2, 0.25) is 11.8 Å². The lowest BCUT2D eigenvalue weighted by atomic mass is 10.2. The summed E-state index contributed by atoms with van der Waals surface area (Å²) < 4.78 is 0. The first-order chi connectivity index (χ1) is 9.74. The van der Waals surface area contributed by atoms with Gasteiger partial charge in [0, 0.05) is 18.7 Å². The molecule has 106 valence electrons. The Labute approximate surface area is 118 Å². The average molecular weight is 273 g/mol. The predicted molar refractivity (Wildman–Crippen MR) is 76.4 cm³/mol. The van der Waals surface area contributed by atoms with Gasteiger partial charge < -0.3 is 15.5 Å². The Hall–Kier alpha value is -1.88. The van der Waals surface area contributed by atoms with Gasteiger partial charge >= 0.3 is 0 Å². The van der Waals surface area contributed by atoms with E-state index in [1.54, 1.807) is 4.90 Å². The lowest BCUT2D eigenvalue weighted by Crippen LogP contribution is -2.46. The van der Waals surface area contributed by atoms with Crippen LogP contribution in [0.25, 0.3) is 0 Å². The second-order valence-electron chi connectivity index (χ2n) is 5.40. The van der Waals surface area contributed by atoms with E-state index in [2.05, 4.69) is 10.6 Å². The average Bonchev–Trinajstić information content (AvgIpc) is 3.09. The van der Waals surface area contributed by atoms with Crippen molar-refractivity contribution in [3.63, 3.8) is 0 Å². The topological polar surface area (TPSA) is 61.4 Å². The summed E-state index contributed by atoms with van der Waals surface area (Å²) in [7, 11) is 0. The highest BCUT2D eigenvalue weighted by Gasteiger charge is 2.33. The van der Waals surface area contributed by atoms with Gasteiger partial charge in [-0.3, -0.25) is 9.59 Å². The van der Waals surface area contributed by atoms with Gasteiger partial charge in [0.05, 0.1) is 12.1 Å². The van der Waals surface area contributed by atoms with Crippen molar-refractivity contribution in [3.05, 3.63) is 30.3 Å². The minimum atomic E-state index is -0.0872. The molecule has 2 amide bonds. The van der Waals surface area contributed by atoms with Crippen LogP contribution in [0.4, 0.5) is 5.69 Å². The number of hydrogen-bond acceptors (Lipinski definition) is 3. The van der Waals surface area contributed by atoms with Gasteiger partial charge in [-0.25, -0.2) is 0 Å². The summed E-state index contributed by atoms with van der Waals surface area (Å²) in [4.78, 5) is 25.8. The number of carbonyl (C=O) groups is 2. The van der Waals surface area contributed by atoms with Crippen LogP contribution in [-0.2, 0) is 9.59 Å². The van der Waals surface area contributed by atoms with Crippen LogP contribution in [-0.4, -0.2) is 37.0 Å². The fourth-order valence-electron chi connectivity index (χ4n) is 2.87. The van der Waals surface area contributed by atoms with E-state index in [4.69, 9.17) is 0 Å². The standard InChI is InChI=1S/C15H19N3O2/c19-14-9-11(17-15(20)13-7-4-8-16-13)10-18(14)12-5-2-1-3-6-12/h1-3,5-6,11,13,16H,4,7-10H2,(H,17,20). The third-order valence-electron chi connectivity index (χ3n) is 3.92. The predicted octanol–water partition coefficient (Wildman–Crippen LogP) is 0.660. The quantitative estimate of drug-likeness (QED) is 0.850. The van der Waals surface area contributed by atoms with Gasteiger partial charge in [-0.1, -0.05) is 18.2 Å². The van der Waals surface area contributed by atoms with E-state index in [9.17, 15) is 9.59 Å². The molecule has 1 aromatic rings. The van der Waals surface area contributed by atoms with E-state index in [0.29, 0.717) is 13.0 Å². The monoisotopic (exact) mass is 273 g/mol. The number of rotatable bonds is 3. The van der Waals surface area contributed by atoms with Crippen LogP contribution in [0.3, 0.4) is 0 Å². The summed E-state index contributed by atoms with van der Waals surface area (Å²) in [5.41, 5.74) is 0.897. The second-order valence-corrected chi connectivity index (χ2v) is 5.40. The number of nitrogens with one attached hydrogen (secondary N) is 2. The number of amides is 2. The highest BCUT2D eigenvalue weighted by molar-refractivity contribution is 5.97. The van der Waals surface area contributed by atoms with Crippen LogP contribution >= 0.6 is 0 Å². The number of hydrogen-bond donors (Lipinski definition) is 2. The van der Waals surface area contributed by atoms with E-state index >= 15 is 0 Å². The van der Waals surface area contributed by atoms with Gasteiger partial charge in [0.1, 0.15) is 0 Å². The lowest BCUT2D eigenvalue weighted by molar-refractivity contribution is -0.123. The summed E-state index contributed by atoms with van der Waals surface area (Å²) >= 11 is 0. The van der Waals surface area contributed by atoms with Gasteiger partial charge in [-0.05, 0) is 31.5 Å². The minimum Gasteiger partial charge on any atom is -0.350 e. The molecule has 2 atom stereocenters. The summed E-state index contributed by atoms with van der Waals surface area (Å²) in [6, 6.07) is 9.41. The number of anilines is 1. The molecule has 5 nitrogen and oxygen atoms in total. The molecule has 2 aliphatic rings. The third-order valence-corrected chi connectivity index (χ3v) is 3.92. The van der Waals surface area contributed by atoms with Crippen LogP contribution in [0, 0.1) is 0 Å². The highest BCUT2D eigenvalue weighted by atomic mass is 16.2. The third kappa shape index (κ3) is 2.67. The van der Waals surface area contributed by atoms with Crippen molar-refractivity contribution >= 4 is 17.5 Å². The molecule has 2 fully saturated rings.